The molecule has 21 heavy (non-hydrogen) atoms. The number of aliphatic carboxylic acids is 1. The Morgan fingerprint density at radius 2 is 2.10 bits per heavy atom. The van der Waals surface area contributed by atoms with E-state index in [-0.39, 0.29) is 29.4 Å². The predicted molar refractivity (Wildman–Crippen MR) is 76.5 cm³/mol. The van der Waals surface area contributed by atoms with Gasteiger partial charge in [0.15, 0.2) is 0 Å². The maximum Gasteiger partial charge on any atom is 0.308 e. The van der Waals surface area contributed by atoms with Crippen molar-refractivity contribution in [1.29, 1.82) is 0 Å². The normalized spacial score (nSPS) is 11.8. The summed E-state index contributed by atoms with van der Waals surface area (Å²) >= 11 is 5.89. The van der Waals surface area contributed by atoms with E-state index in [2.05, 4.69) is 0 Å². The van der Waals surface area contributed by atoms with E-state index in [0.717, 1.165) is 0 Å². The van der Waals surface area contributed by atoms with Crippen LogP contribution in [0.4, 0.5) is 5.69 Å². The average Bonchev–Trinajstić information content (AvgIpc) is 2.43. The van der Waals surface area contributed by atoms with Crippen molar-refractivity contribution in [2.45, 2.75) is 13.8 Å². The molecule has 0 aliphatic rings. The molecule has 1 N–H and O–H groups in total. The van der Waals surface area contributed by atoms with Crippen LogP contribution < -0.4 is 0 Å². The topological polar surface area (TPSA) is 101 Å². The number of halogens is 1. The monoisotopic (exact) mass is 314 g/mol. The van der Waals surface area contributed by atoms with Gasteiger partial charge in [0.1, 0.15) is 5.02 Å². The molecule has 1 rings (SSSR count). The third kappa shape index (κ3) is 3.91. The average molecular weight is 315 g/mol. The van der Waals surface area contributed by atoms with E-state index in [4.69, 9.17) is 16.7 Å². The lowest BCUT2D eigenvalue weighted by atomic mass is 10.1. The fourth-order valence-corrected chi connectivity index (χ4v) is 2.04. The molecule has 0 fully saturated rings. The van der Waals surface area contributed by atoms with E-state index >= 15 is 0 Å². The van der Waals surface area contributed by atoms with Crippen molar-refractivity contribution in [3.8, 4) is 0 Å². The van der Waals surface area contributed by atoms with Crippen molar-refractivity contribution in [2.75, 3.05) is 13.1 Å². The number of benzene rings is 1. The standard InChI is InChI=1S/C13H15ClN2O5/c1-3-15(7-8(2)13(18)19)12(17)9-5-4-6-10(11(9)14)16(20)21/h4-6,8H,3,7H2,1-2H3,(H,18,19). The first-order chi connectivity index (χ1) is 9.79. The number of carbonyl (C=O) groups is 2. The molecular formula is C13H15ClN2O5. The SMILES string of the molecule is CCN(CC(C)C(=O)O)C(=O)c1cccc([N+](=O)[O-])c1Cl. The second-order valence-corrected chi connectivity index (χ2v) is 4.86. The molecule has 0 spiro atoms. The zero-order valence-electron chi connectivity index (χ0n) is 11.6. The molecule has 1 amide bonds. The Bertz CT molecular complexity index is 576. The van der Waals surface area contributed by atoms with Crippen LogP contribution in [0.2, 0.25) is 5.02 Å². The second kappa shape index (κ2) is 7.03. The van der Waals surface area contributed by atoms with Gasteiger partial charge in [0, 0.05) is 19.2 Å². The van der Waals surface area contributed by atoms with Crippen molar-refractivity contribution in [3.05, 3.63) is 38.9 Å². The van der Waals surface area contributed by atoms with Crippen LogP contribution in [-0.2, 0) is 4.79 Å². The fourth-order valence-electron chi connectivity index (χ4n) is 1.76. The summed E-state index contributed by atoms with van der Waals surface area (Å²) in [5.74, 6) is -2.29. The van der Waals surface area contributed by atoms with E-state index in [1.807, 2.05) is 0 Å². The molecule has 0 radical (unpaired) electrons. The molecule has 0 aromatic heterocycles. The van der Waals surface area contributed by atoms with Crippen LogP contribution in [0.1, 0.15) is 24.2 Å². The van der Waals surface area contributed by atoms with Crippen molar-refractivity contribution in [2.24, 2.45) is 5.92 Å². The minimum atomic E-state index is -1.02. The first-order valence-corrected chi connectivity index (χ1v) is 6.62. The molecule has 1 atom stereocenters. The molecule has 0 saturated heterocycles. The third-order valence-corrected chi connectivity index (χ3v) is 3.39. The van der Waals surface area contributed by atoms with Crippen LogP contribution in [0.5, 0.6) is 0 Å². The molecule has 114 valence electrons. The molecule has 0 aliphatic heterocycles. The van der Waals surface area contributed by atoms with Crippen molar-refractivity contribution in [1.82, 2.24) is 4.90 Å². The lowest BCUT2D eigenvalue weighted by molar-refractivity contribution is -0.384. The quantitative estimate of drug-likeness (QED) is 0.642. The molecule has 0 saturated carbocycles. The summed E-state index contributed by atoms with van der Waals surface area (Å²) in [7, 11) is 0. The highest BCUT2D eigenvalue weighted by atomic mass is 35.5. The Labute approximate surface area is 126 Å². The van der Waals surface area contributed by atoms with Crippen LogP contribution in [0.15, 0.2) is 18.2 Å². The number of nitrogens with zero attached hydrogens (tertiary/aromatic N) is 2. The van der Waals surface area contributed by atoms with Gasteiger partial charge in [-0.05, 0) is 13.0 Å². The molecular weight excluding hydrogens is 300 g/mol. The van der Waals surface area contributed by atoms with E-state index in [1.165, 1.54) is 30.0 Å². The summed E-state index contributed by atoms with van der Waals surface area (Å²) < 4.78 is 0. The summed E-state index contributed by atoms with van der Waals surface area (Å²) in [6.45, 7) is 3.45. The van der Waals surface area contributed by atoms with Gasteiger partial charge in [-0.2, -0.15) is 0 Å². The third-order valence-electron chi connectivity index (χ3n) is 2.99. The van der Waals surface area contributed by atoms with Crippen molar-refractivity contribution >= 4 is 29.2 Å². The summed E-state index contributed by atoms with van der Waals surface area (Å²) in [6.07, 6.45) is 0. The maximum atomic E-state index is 12.4. The highest BCUT2D eigenvalue weighted by Gasteiger charge is 2.25. The van der Waals surface area contributed by atoms with Crippen LogP contribution in [0, 0.1) is 16.0 Å². The van der Waals surface area contributed by atoms with Crippen molar-refractivity contribution in [3.63, 3.8) is 0 Å². The van der Waals surface area contributed by atoms with E-state index in [0.29, 0.717) is 0 Å². The minimum Gasteiger partial charge on any atom is -0.481 e. The van der Waals surface area contributed by atoms with Crippen LogP contribution in [0.25, 0.3) is 0 Å². The summed E-state index contributed by atoms with van der Waals surface area (Å²) in [5, 5.41) is 19.5. The van der Waals surface area contributed by atoms with Gasteiger partial charge in [-0.3, -0.25) is 19.7 Å². The number of carbonyl (C=O) groups excluding carboxylic acids is 1. The van der Waals surface area contributed by atoms with Crippen LogP contribution in [0.3, 0.4) is 0 Å². The molecule has 0 bridgehead atoms. The van der Waals surface area contributed by atoms with E-state index in [1.54, 1.807) is 6.92 Å². The molecule has 7 nitrogen and oxygen atoms in total. The Balaban J connectivity index is 3.09. The molecule has 0 heterocycles. The highest BCUT2D eigenvalue weighted by Crippen LogP contribution is 2.28. The van der Waals surface area contributed by atoms with Crippen LogP contribution in [-0.4, -0.2) is 39.9 Å². The van der Waals surface area contributed by atoms with E-state index in [9.17, 15) is 19.7 Å². The van der Waals surface area contributed by atoms with Gasteiger partial charge in [-0.1, -0.05) is 24.6 Å². The number of carboxylic acid groups (broad SMARTS) is 1. The lowest BCUT2D eigenvalue weighted by Crippen LogP contribution is -2.36. The molecule has 1 aromatic carbocycles. The zero-order chi connectivity index (χ0) is 16.2. The number of nitro benzene ring substituents is 1. The number of hydrogen-bond acceptors (Lipinski definition) is 4. The van der Waals surface area contributed by atoms with Crippen LogP contribution >= 0.6 is 11.6 Å². The number of nitro groups is 1. The molecule has 1 aromatic rings. The lowest BCUT2D eigenvalue weighted by Gasteiger charge is -2.23. The Kier molecular flexibility index (Phi) is 5.66. The first-order valence-electron chi connectivity index (χ1n) is 6.24. The minimum absolute atomic E-state index is 0.00366. The predicted octanol–water partition coefficient (Wildman–Crippen LogP) is 2.43. The van der Waals surface area contributed by atoms with E-state index < -0.39 is 22.7 Å². The molecule has 0 aliphatic carbocycles. The number of rotatable bonds is 6. The Hall–Kier alpha value is -2.15. The summed E-state index contributed by atoms with van der Waals surface area (Å²) in [6, 6.07) is 3.95. The maximum absolute atomic E-state index is 12.4. The van der Waals surface area contributed by atoms with Gasteiger partial charge in [0.25, 0.3) is 11.6 Å². The summed E-state index contributed by atoms with van der Waals surface area (Å²) in [4.78, 5) is 34.7. The Morgan fingerprint density at radius 1 is 1.48 bits per heavy atom. The smallest absolute Gasteiger partial charge is 0.308 e. The fraction of sp³-hybridized carbons (Fsp3) is 0.385. The number of amides is 1. The largest absolute Gasteiger partial charge is 0.481 e. The number of carboxylic acids is 1. The number of hydrogen-bond donors (Lipinski definition) is 1. The van der Waals surface area contributed by atoms with Gasteiger partial charge < -0.3 is 10.0 Å². The van der Waals surface area contributed by atoms with Gasteiger partial charge in [-0.15, -0.1) is 0 Å². The first kappa shape index (κ1) is 16.9. The summed E-state index contributed by atoms with van der Waals surface area (Å²) in [5.41, 5.74) is -0.366. The van der Waals surface area contributed by atoms with Gasteiger partial charge in [0.05, 0.1) is 16.4 Å². The Morgan fingerprint density at radius 3 is 2.57 bits per heavy atom. The highest BCUT2D eigenvalue weighted by molar-refractivity contribution is 6.35. The second-order valence-electron chi connectivity index (χ2n) is 4.48. The molecule has 1 unspecified atom stereocenters. The van der Waals surface area contributed by atoms with Gasteiger partial charge in [0.2, 0.25) is 0 Å². The van der Waals surface area contributed by atoms with Gasteiger partial charge in [-0.25, -0.2) is 0 Å². The zero-order valence-corrected chi connectivity index (χ0v) is 12.3. The van der Waals surface area contributed by atoms with Crippen molar-refractivity contribution < 1.29 is 19.6 Å². The molecule has 8 heteroatoms. The van der Waals surface area contributed by atoms with Gasteiger partial charge >= 0.3 is 5.97 Å².